The van der Waals surface area contributed by atoms with E-state index in [-0.39, 0.29) is 24.3 Å². The van der Waals surface area contributed by atoms with Crippen molar-refractivity contribution >= 4 is 17.6 Å². The summed E-state index contributed by atoms with van der Waals surface area (Å²) < 4.78 is 40.2. The van der Waals surface area contributed by atoms with Crippen molar-refractivity contribution in [2.75, 3.05) is 18.4 Å². The Bertz CT molecular complexity index is 855. The molecule has 1 fully saturated rings. The van der Waals surface area contributed by atoms with Crippen LogP contribution in [0.1, 0.15) is 36.9 Å². The van der Waals surface area contributed by atoms with Gasteiger partial charge in [0.25, 0.3) is 0 Å². The van der Waals surface area contributed by atoms with E-state index < -0.39 is 11.7 Å². The predicted molar refractivity (Wildman–Crippen MR) is 96.5 cm³/mol. The predicted octanol–water partition coefficient (Wildman–Crippen LogP) is 3.27. The van der Waals surface area contributed by atoms with Crippen LogP contribution in [0.4, 0.5) is 19.0 Å². The fourth-order valence-corrected chi connectivity index (χ4v) is 3.39. The van der Waals surface area contributed by atoms with Gasteiger partial charge >= 0.3 is 6.18 Å². The average molecular weight is 394 g/mol. The number of piperidine rings is 1. The lowest BCUT2D eigenvalue weighted by atomic mass is 10.0. The summed E-state index contributed by atoms with van der Waals surface area (Å²) in [6.45, 7) is 2.40. The van der Waals surface area contributed by atoms with E-state index in [0.29, 0.717) is 37.3 Å². The van der Waals surface area contributed by atoms with Gasteiger partial charge in [-0.1, -0.05) is 18.2 Å². The van der Waals surface area contributed by atoms with Gasteiger partial charge in [-0.05, 0) is 24.5 Å². The van der Waals surface area contributed by atoms with Gasteiger partial charge in [0.05, 0.1) is 24.2 Å². The summed E-state index contributed by atoms with van der Waals surface area (Å²) in [5.41, 5.74) is -0.400. The highest BCUT2D eigenvalue weighted by Crippen LogP contribution is 2.30. The third kappa shape index (κ3) is 4.71. The van der Waals surface area contributed by atoms with Crippen molar-refractivity contribution < 1.29 is 22.8 Å². The fourth-order valence-electron chi connectivity index (χ4n) is 3.39. The number of rotatable bonds is 4. The molecule has 6 nitrogen and oxygen atoms in total. The standard InChI is InChI=1S/C19H21F3N4O2/c1-13(27)24-17-5-8-23-26(17)16-6-9-25(10-7-16)18(28)12-14-3-2-4-15(11-14)19(20,21)22/h2-5,8,11,16H,6-7,9-10,12H2,1H3,(H,24,27). The summed E-state index contributed by atoms with van der Waals surface area (Å²) in [6, 6.07) is 6.63. The molecule has 1 N–H and O–H groups in total. The van der Waals surface area contributed by atoms with Crippen molar-refractivity contribution in [2.45, 2.75) is 38.4 Å². The number of nitrogens with one attached hydrogen (secondary N) is 1. The van der Waals surface area contributed by atoms with Crippen molar-refractivity contribution in [3.8, 4) is 0 Å². The molecule has 0 atom stereocenters. The molecule has 1 aliphatic heterocycles. The second-order valence-electron chi connectivity index (χ2n) is 6.83. The van der Waals surface area contributed by atoms with Gasteiger partial charge < -0.3 is 10.2 Å². The van der Waals surface area contributed by atoms with Crippen molar-refractivity contribution in [3.63, 3.8) is 0 Å². The number of anilines is 1. The summed E-state index contributed by atoms with van der Waals surface area (Å²) in [5, 5.41) is 6.98. The van der Waals surface area contributed by atoms with Crippen LogP contribution in [0.3, 0.4) is 0 Å². The van der Waals surface area contributed by atoms with E-state index >= 15 is 0 Å². The Morgan fingerprint density at radius 1 is 1.21 bits per heavy atom. The maximum Gasteiger partial charge on any atom is 0.416 e. The summed E-state index contributed by atoms with van der Waals surface area (Å²) in [7, 11) is 0. The van der Waals surface area contributed by atoms with Gasteiger partial charge in [0.15, 0.2) is 0 Å². The normalized spacial score (nSPS) is 15.5. The number of benzene rings is 1. The van der Waals surface area contributed by atoms with Crippen LogP contribution >= 0.6 is 0 Å². The lowest BCUT2D eigenvalue weighted by Crippen LogP contribution is -2.40. The van der Waals surface area contributed by atoms with Crippen LogP contribution in [0.5, 0.6) is 0 Å². The first kappa shape index (κ1) is 19.9. The maximum atomic E-state index is 12.8. The van der Waals surface area contributed by atoms with Crippen molar-refractivity contribution in [1.29, 1.82) is 0 Å². The second kappa shape index (κ2) is 8.04. The first-order valence-electron chi connectivity index (χ1n) is 8.99. The number of aromatic nitrogens is 2. The van der Waals surface area contributed by atoms with E-state index in [1.165, 1.54) is 19.1 Å². The first-order chi connectivity index (χ1) is 13.2. The zero-order valence-corrected chi connectivity index (χ0v) is 15.4. The highest BCUT2D eigenvalue weighted by Gasteiger charge is 2.31. The molecule has 0 radical (unpaired) electrons. The van der Waals surface area contributed by atoms with Gasteiger partial charge in [0, 0.05) is 26.1 Å². The molecule has 9 heteroatoms. The molecule has 28 heavy (non-hydrogen) atoms. The van der Waals surface area contributed by atoms with Crippen LogP contribution in [-0.2, 0) is 22.2 Å². The molecule has 0 bridgehead atoms. The molecule has 0 saturated carbocycles. The number of hydrogen-bond donors (Lipinski definition) is 1. The molecule has 0 aliphatic carbocycles. The number of halogens is 3. The van der Waals surface area contributed by atoms with E-state index in [2.05, 4.69) is 10.4 Å². The molecule has 3 rings (SSSR count). The number of alkyl halides is 3. The third-order valence-electron chi connectivity index (χ3n) is 4.75. The van der Waals surface area contributed by atoms with Crippen molar-refractivity contribution in [3.05, 3.63) is 47.7 Å². The Kier molecular flexibility index (Phi) is 5.71. The van der Waals surface area contributed by atoms with Gasteiger partial charge in [-0.25, -0.2) is 4.68 Å². The molecular weight excluding hydrogens is 373 g/mol. The molecule has 150 valence electrons. The Labute approximate surface area is 160 Å². The minimum absolute atomic E-state index is 0.0504. The first-order valence-corrected chi connectivity index (χ1v) is 8.99. The Morgan fingerprint density at radius 3 is 2.57 bits per heavy atom. The maximum absolute atomic E-state index is 12.8. The smallest absolute Gasteiger partial charge is 0.342 e. The lowest BCUT2D eigenvalue weighted by molar-refractivity contribution is -0.138. The number of carbonyl (C=O) groups excluding carboxylic acids is 2. The monoisotopic (exact) mass is 394 g/mol. The summed E-state index contributed by atoms with van der Waals surface area (Å²) in [6.07, 6.45) is -1.57. The Morgan fingerprint density at radius 2 is 1.93 bits per heavy atom. The van der Waals surface area contributed by atoms with Crippen molar-refractivity contribution in [1.82, 2.24) is 14.7 Å². The molecule has 0 spiro atoms. The van der Waals surface area contributed by atoms with E-state index in [4.69, 9.17) is 0 Å². The summed E-state index contributed by atoms with van der Waals surface area (Å²) in [4.78, 5) is 25.4. The van der Waals surface area contributed by atoms with E-state index in [1.807, 2.05) is 0 Å². The van der Waals surface area contributed by atoms with Gasteiger partial charge in [0.2, 0.25) is 11.8 Å². The van der Waals surface area contributed by atoms with Gasteiger partial charge in [-0.15, -0.1) is 0 Å². The average Bonchev–Trinajstić information content (AvgIpc) is 3.08. The number of nitrogens with zero attached hydrogens (tertiary/aromatic N) is 3. The van der Waals surface area contributed by atoms with E-state index in [9.17, 15) is 22.8 Å². The van der Waals surface area contributed by atoms with Crippen LogP contribution in [0, 0.1) is 0 Å². The molecule has 1 aromatic carbocycles. The zero-order chi connectivity index (χ0) is 20.3. The quantitative estimate of drug-likeness (QED) is 0.866. The molecule has 0 unspecified atom stereocenters. The van der Waals surface area contributed by atoms with Crippen LogP contribution in [0.2, 0.25) is 0 Å². The molecule has 2 aromatic rings. The van der Waals surface area contributed by atoms with Crippen LogP contribution in [-0.4, -0.2) is 39.6 Å². The van der Waals surface area contributed by atoms with Crippen LogP contribution < -0.4 is 5.32 Å². The lowest BCUT2D eigenvalue weighted by Gasteiger charge is -2.32. The number of likely N-dealkylation sites (tertiary alicyclic amines) is 1. The number of hydrogen-bond acceptors (Lipinski definition) is 3. The highest BCUT2D eigenvalue weighted by atomic mass is 19.4. The van der Waals surface area contributed by atoms with Crippen molar-refractivity contribution in [2.24, 2.45) is 0 Å². The van der Waals surface area contributed by atoms with E-state index in [1.54, 1.807) is 21.8 Å². The highest BCUT2D eigenvalue weighted by molar-refractivity contribution is 5.87. The molecule has 2 heterocycles. The molecule has 1 saturated heterocycles. The zero-order valence-electron chi connectivity index (χ0n) is 15.4. The van der Waals surface area contributed by atoms with Crippen LogP contribution in [0.25, 0.3) is 0 Å². The minimum atomic E-state index is -4.42. The second-order valence-corrected chi connectivity index (χ2v) is 6.83. The topological polar surface area (TPSA) is 67.2 Å². The minimum Gasteiger partial charge on any atom is -0.342 e. The molecule has 1 aromatic heterocycles. The van der Waals surface area contributed by atoms with Gasteiger partial charge in [0.1, 0.15) is 5.82 Å². The fraction of sp³-hybridized carbons (Fsp3) is 0.421. The Balaban J connectivity index is 1.59. The van der Waals surface area contributed by atoms with Gasteiger partial charge in [-0.3, -0.25) is 9.59 Å². The number of amides is 2. The van der Waals surface area contributed by atoms with Gasteiger partial charge in [-0.2, -0.15) is 18.3 Å². The number of carbonyl (C=O) groups is 2. The summed E-state index contributed by atoms with van der Waals surface area (Å²) >= 11 is 0. The largest absolute Gasteiger partial charge is 0.416 e. The molecule has 1 aliphatic rings. The third-order valence-corrected chi connectivity index (χ3v) is 4.75. The molecular formula is C19H21F3N4O2. The van der Waals surface area contributed by atoms with E-state index in [0.717, 1.165) is 12.1 Å². The van der Waals surface area contributed by atoms with Crippen LogP contribution in [0.15, 0.2) is 36.5 Å². The molecule has 2 amide bonds. The Hall–Kier alpha value is -2.84. The summed E-state index contributed by atoms with van der Waals surface area (Å²) in [5.74, 6) is 0.233. The SMILES string of the molecule is CC(=O)Nc1ccnn1C1CCN(C(=O)Cc2cccc(C(F)(F)F)c2)CC1.